The van der Waals surface area contributed by atoms with E-state index in [1.807, 2.05) is 18.2 Å². The zero-order valence-corrected chi connectivity index (χ0v) is 6.96. The fourth-order valence-electron chi connectivity index (χ4n) is 0.681. The van der Waals surface area contributed by atoms with Gasteiger partial charge in [0.05, 0.1) is 0 Å². The van der Waals surface area contributed by atoms with Gasteiger partial charge in [0.1, 0.15) is 0 Å². The Morgan fingerprint density at radius 3 is 2.55 bits per heavy atom. The maximum absolute atomic E-state index is 5.53. The lowest BCUT2D eigenvalue weighted by atomic mass is 10.1. The van der Waals surface area contributed by atoms with Gasteiger partial charge in [-0.05, 0) is 12.0 Å². The van der Waals surface area contributed by atoms with E-state index in [0.29, 0.717) is 11.6 Å². The summed E-state index contributed by atoms with van der Waals surface area (Å²) >= 11 is 0. The second kappa shape index (κ2) is 5.54. The summed E-state index contributed by atoms with van der Waals surface area (Å²) in [7, 11) is 0. The summed E-state index contributed by atoms with van der Waals surface area (Å²) in [6, 6.07) is 0. The van der Waals surface area contributed by atoms with E-state index >= 15 is 0 Å². The smallest absolute Gasteiger partial charge is 0.0273 e. The fourth-order valence-corrected chi connectivity index (χ4v) is 0.681. The van der Waals surface area contributed by atoms with E-state index in [9.17, 15) is 0 Å². The van der Waals surface area contributed by atoms with Crippen molar-refractivity contribution in [3.05, 3.63) is 49.2 Å². The Bertz CT molecular complexity index is 187. The normalized spacial score (nSPS) is 14.8. The topological polar surface area (TPSA) is 26.0 Å². The Kier molecular flexibility index (Phi) is 4.91. The van der Waals surface area contributed by atoms with Gasteiger partial charge >= 0.3 is 0 Å². The van der Waals surface area contributed by atoms with Crippen LogP contribution in [0, 0.1) is 5.92 Å². The monoisotopic (exact) mass is 149 g/mol. The molecule has 0 aliphatic carbocycles. The molecule has 2 N–H and O–H groups in total. The summed E-state index contributed by atoms with van der Waals surface area (Å²) in [5.74, 6) is 0.339. The summed E-state index contributed by atoms with van der Waals surface area (Å²) in [5, 5.41) is 0. The van der Waals surface area contributed by atoms with E-state index in [1.54, 1.807) is 12.2 Å². The van der Waals surface area contributed by atoms with Crippen LogP contribution in [0.4, 0.5) is 0 Å². The number of allylic oxidation sites excluding steroid dienone is 5. The highest BCUT2D eigenvalue weighted by molar-refractivity contribution is 5.16. The van der Waals surface area contributed by atoms with Crippen molar-refractivity contribution < 1.29 is 0 Å². The molecule has 0 aliphatic heterocycles. The molecule has 0 heterocycles. The van der Waals surface area contributed by atoms with Gasteiger partial charge in [0.25, 0.3) is 0 Å². The number of rotatable bonds is 4. The van der Waals surface area contributed by atoms with Crippen molar-refractivity contribution in [3.63, 3.8) is 0 Å². The highest BCUT2D eigenvalue weighted by Gasteiger charge is 1.89. The fraction of sp³-hybridized carbons (Fsp3) is 0.200. The third-order valence-corrected chi connectivity index (χ3v) is 1.24. The predicted molar refractivity (Wildman–Crippen MR) is 51.0 cm³/mol. The molecule has 60 valence electrons. The Morgan fingerprint density at radius 2 is 2.09 bits per heavy atom. The lowest BCUT2D eigenvalue weighted by molar-refractivity contribution is 0.928. The Labute approximate surface area is 68.6 Å². The van der Waals surface area contributed by atoms with Crippen molar-refractivity contribution in [2.75, 3.05) is 0 Å². The van der Waals surface area contributed by atoms with Crippen LogP contribution in [0.15, 0.2) is 49.2 Å². The van der Waals surface area contributed by atoms with Crippen molar-refractivity contribution >= 4 is 0 Å². The van der Waals surface area contributed by atoms with Crippen LogP contribution < -0.4 is 5.73 Å². The summed E-state index contributed by atoms with van der Waals surface area (Å²) in [6.07, 6.45) is 9.24. The number of nitrogens with two attached hydrogens (primary N) is 1. The molecule has 0 bridgehead atoms. The van der Waals surface area contributed by atoms with Gasteiger partial charge in [0.15, 0.2) is 0 Å². The molecule has 0 aromatic heterocycles. The first-order valence-corrected chi connectivity index (χ1v) is 3.59. The van der Waals surface area contributed by atoms with E-state index < -0.39 is 0 Å². The minimum atomic E-state index is 0.339. The molecule has 1 unspecified atom stereocenters. The minimum Gasteiger partial charge on any atom is -0.399 e. The molecule has 0 fully saturated rings. The molecule has 0 saturated carbocycles. The molecule has 0 aromatic carbocycles. The molecule has 0 saturated heterocycles. The maximum Gasteiger partial charge on any atom is 0.0273 e. The van der Waals surface area contributed by atoms with Crippen LogP contribution in [-0.2, 0) is 0 Å². The van der Waals surface area contributed by atoms with Crippen LogP contribution in [0.1, 0.15) is 6.92 Å². The third kappa shape index (κ3) is 5.22. The lowest BCUT2D eigenvalue weighted by Gasteiger charge is -1.97. The van der Waals surface area contributed by atoms with Crippen molar-refractivity contribution in [2.24, 2.45) is 11.7 Å². The second-order valence-corrected chi connectivity index (χ2v) is 2.35. The quantitative estimate of drug-likeness (QED) is 0.610. The van der Waals surface area contributed by atoms with Crippen LogP contribution in [-0.4, -0.2) is 0 Å². The van der Waals surface area contributed by atoms with Crippen LogP contribution in [0.5, 0.6) is 0 Å². The second-order valence-electron chi connectivity index (χ2n) is 2.35. The van der Waals surface area contributed by atoms with Gasteiger partial charge in [0.2, 0.25) is 0 Å². The first-order valence-electron chi connectivity index (χ1n) is 3.59. The summed E-state index contributed by atoms with van der Waals surface area (Å²) in [6.45, 7) is 9.18. The van der Waals surface area contributed by atoms with Gasteiger partial charge in [-0.3, -0.25) is 0 Å². The lowest BCUT2D eigenvalue weighted by Crippen LogP contribution is -1.95. The zero-order chi connectivity index (χ0) is 8.69. The standard InChI is InChI=1S/C10H15N/c1-4-6-7-9(3)8-10(11)5-2/h4-9H,1-2,11H2,3H3/b7-6-,10-8+. The Balaban J connectivity index is 4.04. The molecule has 0 amide bonds. The van der Waals surface area contributed by atoms with E-state index in [4.69, 9.17) is 5.73 Å². The largest absolute Gasteiger partial charge is 0.399 e. The highest BCUT2D eigenvalue weighted by Crippen LogP contribution is 2.01. The van der Waals surface area contributed by atoms with Crippen LogP contribution in [0.2, 0.25) is 0 Å². The van der Waals surface area contributed by atoms with Crippen LogP contribution >= 0.6 is 0 Å². The Hall–Kier alpha value is -1.24. The average Bonchev–Trinajstić information content (AvgIpc) is 2.00. The molecule has 0 spiro atoms. The number of hydrogen-bond donors (Lipinski definition) is 1. The van der Waals surface area contributed by atoms with Gasteiger partial charge in [-0.1, -0.05) is 44.4 Å². The van der Waals surface area contributed by atoms with Crippen LogP contribution in [0.3, 0.4) is 0 Å². The third-order valence-electron chi connectivity index (χ3n) is 1.24. The van der Waals surface area contributed by atoms with Gasteiger partial charge in [-0.15, -0.1) is 0 Å². The molecule has 1 nitrogen and oxygen atoms in total. The molecule has 1 atom stereocenters. The van der Waals surface area contributed by atoms with Gasteiger partial charge in [0, 0.05) is 5.70 Å². The molecule has 0 aliphatic rings. The summed E-state index contributed by atoms with van der Waals surface area (Å²) in [5.41, 5.74) is 6.24. The van der Waals surface area contributed by atoms with Crippen molar-refractivity contribution in [2.45, 2.75) is 6.92 Å². The zero-order valence-electron chi connectivity index (χ0n) is 6.96. The van der Waals surface area contributed by atoms with E-state index in [-0.39, 0.29) is 0 Å². The van der Waals surface area contributed by atoms with Gasteiger partial charge in [-0.2, -0.15) is 0 Å². The summed E-state index contributed by atoms with van der Waals surface area (Å²) < 4.78 is 0. The summed E-state index contributed by atoms with van der Waals surface area (Å²) in [4.78, 5) is 0. The number of hydrogen-bond acceptors (Lipinski definition) is 1. The van der Waals surface area contributed by atoms with Crippen LogP contribution in [0.25, 0.3) is 0 Å². The van der Waals surface area contributed by atoms with E-state index in [1.165, 1.54) is 0 Å². The highest BCUT2D eigenvalue weighted by atomic mass is 14.5. The molecule has 0 rings (SSSR count). The molecule has 0 aromatic rings. The van der Waals surface area contributed by atoms with Crippen molar-refractivity contribution in [1.29, 1.82) is 0 Å². The predicted octanol–water partition coefficient (Wildman–Crippen LogP) is 2.39. The minimum absolute atomic E-state index is 0.339. The maximum atomic E-state index is 5.53. The van der Waals surface area contributed by atoms with Gasteiger partial charge in [-0.25, -0.2) is 0 Å². The first kappa shape index (κ1) is 9.76. The average molecular weight is 149 g/mol. The van der Waals surface area contributed by atoms with Crippen molar-refractivity contribution in [1.82, 2.24) is 0 Å². The van der Waals surface area contributed by atoms with E-state index in [2.05, 4.69) is 20.1 Å². The van der Waals surface area contributed by atoms with Crippen molar-refractivity contribution in [3.8, 4) is 0 Å². The first-order chi connectivity index (χ1) is 5.20. The Morgan fingerprint density at radius 1 is 1.45 bits per heavy atom. The van der Waals surface area contributed by atoms with E-state index in [0.717, 1.165) is 0 Å². The molecular weight excluding hydrogens is 134 g/mol. The molecule has 0 radical (unpaired) electrons. The molecular formula is C10H15N. The molecule has 11 heavy (non-hydrogen) atoms. The van der Waals surface area contributed by atoms with Gasteiger partial charge < -0.3 is 5.73 Å². The molecule has 1 heteroatoms. The SMILES string of the molecule is C=C/C=C\C(C)/C=C(/N)C=C.